The lowest BCUT2D eigenvalue weighted by molar-refractivity contribution is 0.661. The van der Waals surface area contributed by atoms with Crippen LogP contribution in [0, 0.1) is 0 Å². The van der Waals surface area contributed by atoms with E-state index in [0.29, 0.717) is 0 Å². The minimum Gasteiger partial charge on any atom is -0.0984 e. The van der Waals surface area contributed by atoms with E-state index in [1.54, 1.807) is 0 Å². The third-order valence-electron chi connectivity index (χ3n) is 11.4. The smallest absolute Gasteiger partial charge is 0.0159 e. The minimum atomic E-state index is -0.0313. The van der Waals surface area contributed by atoms with Gasteiger partial charge in [-0.05, 0) is 135 Å². The van der Waals surface area contributed by atoms with Crippen molar-refractivity contribution in [3.8, 4) is 44.5 Å². The number of hydrogen-bond donors (Lipinski definition) is 0. The molecule has 0 fully saturated rings. The molecular weight excluding hydrogens is 613 g/mol. The highest BCUT2D eigenvalue weighted by Gasteiger charge is 2.36. The van der Waals surface area contributed by atoms with E-state index in [1.807, 2.05) is 6.08 Å². The maximum Gasteiger partial charge on any atom is 0.0159 e. The van der Waals surface area contributed by atoms with Crippen LogP contribution in [0.5, 0.6) is 0 Å². The highest BCUT2D eigenvalue weighted by Crippen LogP contribution is 2.52. The molecule has 0 atom stereocenters. The van der Waals surface area contributed by atoms with Crippen LogP contribution in [0.25, 0.3) is 93.7 Å². The standard InChI is InChI=1S/C51H36/c1-4-32-12-9-15-41-31-45(43-17-7-8-18-44(43)49(32)41)40-22-21-37-28-36(19-20-38(37)29-40)34-13-10-14-35(27-34)39-24-25-47-46(30-39)50-42-16-6-5-11-33(42)23-26-48(50)51(47,2)3/h4-31H,1H2,2-3H3. The van der Waals surface area contributed by atoms with E-state index in [0.717, 1.165) is 0 Å². The fraction of sp³-hybridized carbons (Fsp3) is 0.0588. The van der Waals surface area contributed by atoms with Crippen LogP contribution >= 0.6 is 0 Å². The van der Waals surface area contributed by atoms with Gasteiger partial charge in [-0.25, -0.2) is 0 Å². The summed E-state index contributed by atoms with van der Waals surface area (Å²) in [6.45, 7) is 8.80. The van der Waals surface area contributed by atoms with Crippen LogP contribution in [-0.4, -0.2) is 0 Å². The van der Waals surface area contributed by atoms with Crippen molar-refractivity contribution in [2.24, 2.45) is 0 Å². The molecule has 1 aliphatic carbocycles. The van der Waals surface area contributed by atoms with Gasteiger partial charge in [0.05, 0.1) is 0 Å². The lowest BCUT2D eigenvalue weighted by Crippen LogP contribution is -2.14. The first-order valence-corrected chi connectivity index (χ1v) is 17.9. The van der Waals surface area contributed by atoms with Crippen LogP contribution in [0.3, 0.4) is 0 Å². The SMILES string of the molecule is C=Cc1cccc2cc(-c3ccc4cc(-c5cccc(-c6ccc7c(c6)-c6c(ccc8ccccc68)C7(C)C)c5)ccc4c3)c3ccccc3c12. The predicted molar refractivity (Wildman–Crippen MR) is 220 cm³/mol. The van der Waals surface area contributed by atoms with Gasteiger partial charge in [0.25, 0.3) is 0 Å². The zero-order valence-electron chi connectivity index (χ0n) is 28.9. The van der Waals surface area contributed by atoms with Gasteiger partial charge in [0.15, 0.2) is 0 Å². The summed E-state index contributed by atoms with van der Waals surface area (Å²) in [5.74, 6) is 0. The zero-order valence-corrected chi connectivity index (χ0v) is 28.9. The third-order valence-corrected chi connectivity index (χ3v) is 11.4. The van der Waals surface area contributed by atoms with Crippen LogP contribution in [0.1, 0.15) is 30.5 Å². The van der Waals surface area contributed by atoms with Gasteiger partial charge in [0.1, 0.15) is 0 Å². The molecule has 9 aromatic carbocycles. The van der Waals surface area contributed by atoms with Crippen molar-refractivity contribution in [3.63, 3.8) is 0 Å². The highest BCUT2D eigenvalue weighted by atomic mass is 14.4. The summed E-state index contributed by atoms with van der Waals surface area (Å²) in [7, 11) is 0. The molecular formula is C51H36. The van der Waals surface area contributed by atoms with Gasteiger partial charge >= 0.3 is 0 Å². The molecule has 0 unspecified atom stereocenters. The Hall–Kier alpha value is -6.24. The largest absolute Gasteiger partial charge is 0.0984 e. The van der Waals surface area contributed by atoms with E-state index in [4.69, 9.17) is 0 Å². The van der Waals surface area contributed by atoms with E-state index < -0.39 is 0 Å². The molecule has 0 N–H and O–H groups in total. The van der Waals surface area contributed by atoms with Crippen molar-refractivity contribution < 1.29 is 0 Å². The van der Waals surface area contributed by atoms with Crippen LogP contribution < -0.4 is 0 Å². The fourth-order valence-corrected chi connectivity index (χ4v) is 8.77. The van der Waals surface area contributed by atoms with Gasteiger partial charge in [-0.1, -0.05) is 160 Å². The first-order chi connectivity index (χ1) is 25.0. The summed E-state index contributed by atoms with van der Waals surface area (Å²) in [5, 5.41) is 10.1. The van der Waals surface area contributed by atoms with E-state index in [9.17, 15) is 0 Å². The Labute approximate surface area is 299 Å². The van der Waals surface area contributed by atoms with Crippen molar-refractivity contribution >= 4 is 49.2 Å². The first kappa shape index (κ1) is 29.7. The van der Waals surface area contributed by atoms with E-state index in [1.165, 1.54) is 104 Å². The zero-order chi connectivity index (χ0) is 34.3. The fourth-order valence-electron chi connectivity index (χ4n) is 8.77. The summed E-state index contributed by atoms with van der Waals surface area (Å²) in [4.78, 5) is 0. The van der Waals surface area contributed by atoms with Gasteiger partial charge in [-0.2, -0.15) is 0 Å². The Morgan fingerprint density at radius 3 is 1.80 bits per heavy atom. The molecule has 0 heterocycles. The molecule has 0 nitrogen and oxygen atoms in total. The van der Waals surface area contributed by atoms with Crippen molar-refractivity contribution in [3.05, 3.63) is 187 Å². The van der Waals surface area contributed by atoms with Crippen molar-refractivity contribution in [1.82, 2.24) is 0 Å². The minimum absolute atomic E-state index is 0.0313. The Morgan fingerprint density at radius 1 is 0.412 bits per heavy atom. The number of fused-ring (bicyclic) bond motifs is 9. The van der Waals surface area contributed by atoms with Crippen molar-refractivity contribution in [1.29, 1.82) is 0 Å². The summed E-state index contributed by atoms with van der Waals surface area (Å²) in [6.07, 6.45) is 1.96. The van der Waals surface area contributed by atoms with Crippen molar-refractivity contribution in [2.45, 2.75) is 19.3 Å². The Morgan fingerprint density at radius 2 is 1.00 bits per heavy atom. The lowest BCUT2D eigenvalue weighted by atomic mass is 9.82. The summed E-state index contributed by atoms with van der Waals surface area (Å²) < 4.78 is 0. The molecule has 9 aromatic rings. The first-order valence-electron chi connectivity index (χ1n) is 17.9. The molecule has 1 aliphatic rings. The molecule has 0 amide bonds. The molecule has 0 spiro atoms. The van der Waals surface area contributed by atoms with Gasteiger partial charge in [0, 0.05) is 5.41 Å². The van der Waals surface area contributed by atoms with E-state index in [-0.39, 0.29) is 5.41 Å². The third kappa shape index (κ3) is 4.53. The molecule has 0 heteroatoms. The average molecular weight is 649 g/mol. The van der Waals surface area contributed by atoms with Crippen LogP contribution in [0.4, 0.5) is 0 Å². The van der Waals surface area contributed by atoms with Gasteiger partial charge in [0.2, 0.25) is 0 Å². The number of hydrogen-bond acceptors (Lipinski definition) is 0. The van der Waals surface area contributed by atoms with E-state index >= 15 is 0 Å². The molecule has 0 saturated heterocycles. The quantitative estimate of drug-likeness (QED) is 0.167. The summed E-state index contributed by atoms with van der Waals surface area (Å²) in [6, 6.07) is 60.9. The predicted octanol–water partition coefficient (Wildman–Crippen LogP) is 14.2. The van der Waals surface area contributed by atoms with Crippen molar-refractivity contribution in [2.75, 3.05) is 0 Å². The number of rotatable bonds is 4. The highest BCUT2D eigenvalue weighted by molar-refractivity contribution is 6.16. The summed E-state index contributed by atoms with van der Waals surface area (Å²) >= 11 is 0. The van der Waals surface area contributed by atoms with Crippen LogP contribution in [0.2, 0.25) is 0 Å². The summed E-state index contributed by atoms with van der Waals surface area (Å²) in [5.41, 5.74) is 14.1. The van der Waals surface area contributed by atoms with E-state index in [2.05, 4.69) is 184 Å². The molecule has 0 aliphatic heterocycles. The monoisotopic (exact) mass is 648 g/mol. The van der Waals surface area contributed by atoms with Gasteiger partial charge in [-0.15, -0.1) is 0 Å². The molecule has 240 valence electrons. The molecule has 51 heavy (non-hydrogen) atoms. The molecule has 0 bridgehead atoms. The second kappa shape index (κ2) is 11.1. The van der Waals surface area contributed by atoms with Gasteiger partial charge < -0.3 is 0 Å². The van der Waals surface area contributed by atoms with Crippen LogP contribution in [0.15, 0.2) is 170 Å². The second-order valence-corrected chi connectivity index (χ2v) is 14.6. The molecule has 0 aromatic heterocycles. The Bertz CT molecular complexity index is 2900. The normalized spacial score (nSPS) is 13.1. The topological polar surface area (TPSA) is 0 Å². The lowest BCUT2D eigenvalue weighted by Gasteiger charge is -2.21. The Kier molecular flexibility index (Phi) is 6.48. The Balaban J connectivity index is 1.03. The molecule has 0 saturated carbocycles. The molecule has 10 rings (SSSR count). The number of benzene rings is 9. The maximum absolute atomic E-state index is 4.09. The van der Waals surface area contributed by atoms with Gasteiger partial charge in [-0.3, -0.25) is 0 Å². The van der Waals surface area contributed by atoms with Crippen LogP contribution in [-0.2, 0) is 5.41 Å². The molecule has 0 radical (unpaired) electrons. The average Bonchev–Trinajstić information content (AvgIpc) is 3.42. The second-order valence-electron chi connectivity index (χ2n) is 14.6. The maximum atomic E-state index is 4.09.